The SMILES string of the molecule is Cc1cccc(-c2ccc(CNNC(N)=S)o2)c1. The van der Waals surface area contributed by atoms with Crippen LogP contribution in [0.25, 0.3) is 11.3 Å². The summed E-state index contributed by atoms with van der Waals surface area (Å²) in [6, 6.07) is 12.1. The molecule has 0 saturated heterocycles. The number of nitrogens with two attached hydrogens (primary N) is 1. The quantitative estimate of drug-likeness (QED) is 0.581. The van der Waals surface area contributed by atoms with E-state index in [2.05, 4.69) is 42.1 Å². The van der Waals surface area contributed by atoms with E-state index in [4.69, 9.17) is 10.2 Å². The van der Waals surface area contributed by atoms with Crippen molar-refractivity contribution in [2.45, 2.75) is 13.5 Å². The molecule has 18 heavy (non-hydrogen) atoms. The molecule has 1 aromatic heterocycles. The lowest BCUT2D eigenvalue weighted by Crippen LogP contribution is -2.40. The van der Waals surface area contributed by atoms with Crippen LogP contribution in [0.15, 0.2) is 40.8 Å². The molecule has 94 valence electrons. The van der Waals surface area contributed by atoms with Crippen molar-refractivity contribution in [1.29, 1.82) is 0 Å². The molecule has 0 aliphatic heterocycles. The van der Waals surface area contributed by atoms with Crippen molar-refractivity contribution >= 4 is 17.3 Å². The van der Waals surface area contributed by atoms with Crippen LogP contribution in [0.3, 0.4) is 0 Å². The van der Waals surface area contributed by atoms with Gasteiger partial charge < -0.3 is 10.2 Å². The van der Waals surface area contributed by atoms with Gasteiger partial charge in [0.15, 0.2) is 5.11 Å². The highest BCUT2D eigenvalue weighted by Crippen LogP contribution is 2.22. The summed E-state index contributed by atoms with van der Waals surface area (Å²) in [6.07, 6.45) is 0. The Kier molecular flexibility index (Phi) is 3.96. The van der Waals surface area contributed by atoms with E-state index in [0.717, 1.165) is 17.1 Å². The molecule has 4 N–H and O–H groups in total. The molecule has 0 saturated carbocycles. The minimum Gasteiger partial charge on any atom is -0.460 e. The summed E-state index contributed by atoms with van der Waals surface area (Å²) in [5.41, 5.74) is 13.1. The Morgan fingerprint density at radius 3 is 2.89 bits per heavy atom. The molecule has 0 amide bonds. The fraction of sp³-hybridized carbons (Fsp3) is 0.154. The lowest BCUT2D eigenvalue weighted by molar-refractivity contribution is 0.485. The predicted octanol–water partition coefficient (Wildman–Crippen LogP) is 2.09. The van der Waals surface area contributed by atoms with E-state index in [1.54, 1.807) is 0 Å². The summed E-state index contributed by atoms with van der Waals surface area (Å²) in [4.78, 5) is 0. The van der Waals surface area contributed by atoms with Crippen LogP contribution in [0.5, 0.6) is 0 Å². The fourth-order valence-corrected chi connectivity index (χ4v) is 1.72. The second-order valence-corrected chi connectivity index (χ2v) is 4.42. The van der Waals surface area contributed by atoms with Crippen molar-refractivity contribution in [3.05, 3.63) is 47.7 Å². The number of furan rings is 1. The molecule has 2 aromatic rings. The van der Waals surface area contributed by atoms with Crippen molar-refractivity contribution in [3.63, 3.8) is 0 Å². The zero-order valence-electron chi connectivity index (χ0n) is 10.1. The molecule has 0 aliphatic carbocycles. The molecule has 0 fully saturated rings. The number of aryl methyl sites for hydroxylation is 1. The van der Waals surface area contributed by atoms with E-state index in [-0.39, 0.29) is 5.11 Å². The van der Waals surface area contributed by atoms with Gasteiger partial charge in [-0.05, 0) is 37.3 Å². The van der Waals surface area contributed by atoms with Gasteiger partial charge in [0.25, 0.3) is 0 Å². The van der Waals surface area contributed by atoms with Crippen molar-refractivity contribution in [3.8, 4) is 11.3 Å². The summed E-state index contributed by atoms with van der Waals surface area (Å²) < 4.78 is 5.72. The van der Waals surface area contributed by atoms with E-state index in [1.165, 1.54) is 5.56 Å². The number of rotatable bonds is 4. The lowest BCUT2D eigenvalue weighted by atomic mass is 10.1. The third-order valence-corrected chi connectivity index (χ3v) is 2.54. The smallest absolute Gasteiger partial charge is 0.178 e. The Morgan fingerprint density at radius 1 is 1.33 bits per heavy atom. The van der Waals surface area contributed by atoms with Crippen molar-refractivity contribution in [2.75, 3.05) is 0 Å². The number of benzene rings is 1. The largest absolute Gasteiger partial charge is 0.460 e. The molecule has 4 nitrogen and oxygen atoms in total. The molecule has 1 aromatic carbocycles. The molecule has 0 bridgehead atoms. The third kappa shape index (κ3) is 3.32. The van der Waals surface area contributed by atoms with E-state index < -0.39 is 0 Å². The summed E-state index contributed by atoms with van der Waals surface area (Å²) in [7, 11) is 0. The molecule has 5 heteroatoms. The second kappa shape index (κ2) is 5.66. The Hall–Kier alpha value is -1.85. The minimum atomic E-state index is 0.209. The van der Waals surface area contributed by atoms with Gasteiger partial charge in [0.2, 0.25) is 0 Å². The normalized spacial score (nSPS) is 10.3. The molecule has 0 radical (unpaired) electrons. The van der Waals surface area contributed by atoms with Gasteiger partial charge >= 0.3 is 0 Å². The minimum absolute atomic E-state index is 0.209. The van der Waals surface area contributed by atoms with Crippen molar-refractivity contribution < 1.29 is 4.42 Å². The van der Waals surface area contributed by atoms with Gasteiger partial charge in [-0.2, -0.15) is 0 Å². The maximum atomic E-state index is 5.72. The first-order valence-corrected chi connectivity index (χ1v) is 6.00. The summed E-state index contributed by atoms with van der Waals surface area (Å²) in [6.45, 7) is 2.57. The molecule has 0 unspecified atom stereocenters. The van der Waals surface area contributed by atoms with Gasteiger partial charge in [0.05, 0.1) is 6.54 Å². The zero-order valence-corrected chi connectivity index (χ0v) is 10.9. The predicted molar refractivity (Wildman–Crippen MR) is 75.6 cm³/mol. The summed E-state index contributed by atoms with van der Waals surface area (Å²) >= 11 is 4.68. The van der Waals surface area contributed by atoms with Crippen LogP contribution in [-0.2, 0) is 6.54 Å². The molecular weight excluding hydrogens is 246 g/mol. The number of thiocarbonyl (C=S) groups is 1. The standard InChI is InChI=1S/C13H15N3OS/c1-9-3-2-4-10(7-9)12-6-5-11(17-12)8-15-16-13(14)18/h2-7,15H,8H2,1H3,(H3,14,16,18). The van der Waals surface area contributed by atoms with E-state index in [9.17, 15) is 0 Å². The van der Waals surface area contributed by atoms with E-state index in [1.807, 2.05) is 24.3 Å². The zero-order chi connectivity index (χ0) is 13.0. The van der Waals surface area contributed by atoms with Gasteiger partial charge in [-0.15, -0.1) is 0 Å². The Balaban J connectivity index is 2.04. The van der Waals surface area contributed by atoms with Crippen LogP contribution in [0.4, 0.5) is 0 Å². The topological polar surface area (TPSA) is 63.2 Å². The van der Waals surface area contributed by atoms with Crippen LogP contribution < -0.4 is 16.6 Å². The van der Waals surface area contributed by atoms with Crippen molar-refractivity contribution in [2.24, 2.45) is 5.73 Å². The molecule has 0 spiro atoms. The fourth-order valence-electron chi connectivity index (χ4n) is 1.64. The van der Waals surface area contributed by atoms with Crippen LogP contribution in [0.1, 0.15) is 11.3 Å². The van der Waals surface area contributed by atoms with Gasteiger partial charge in [-0.25, -0.2) is 5.43 Å². The van der Waals surface area contributed by atoms with Crippen LogP contribution >= 0.6 is 12.2 Å². The van der Waals surface area contributed by atoms with E-state index in [0.29, 0.717) is 6.54 Å². The highest BCUT2D eigenvalue weighted by molar-refractivity contribution is 7.80. The first kappa shape index (κ1) is 12.6. The van der Waals surface area contributed by atoms with Gasteiger partial charge in [-0.3, -0.25) is 5.43 Å². The maximum Gasteiger partial charge on any atom is 0.178 e. The summed E-state index contributed by atoms with van der Waals surface area (Å²) in [5, 5.41) is 0.209. The van der Waals surface area contributed by atoms with Gasteiger partial charge in [0, 0.05) is 5.56 Å². The Labute approximate surface area is 111 Å². The molecule has 1 heterocycles. The number of hydrogen-bond acceptors (Lipinski definition) is 3. The average molecular weight is 261 g/mol. The number of hydrazine groups is 1. The highest BCUT2D eigenvalue weighted by Gasteiger charge is 2.04. The third-order valence-electron chi connectivity index (χ3n) is 2.44. The Bertz CT molecular complexity index is 551. The number of nitrogens with one attached hydrogen (secondary N) is 2. The van der Waals surface area contributed by atoms with Gasteiger partial charge in [0.1, 0.15) is 11.5 Å². The van der Waals surface area contributed by atoms with E-state index >= 15 is 0 Å². The first-order chi connectivity index (χ1) is 8.65. The van der Waals surface area contributed by atoms with Crippen LogP contribution in [-0.4, -0.2) is 5.11 Å². The first-order valence-electron chi connectivity index (χ1n) is 5.59. The maximum absolute atomic E-state index is 5.72. The van der Waals surface area contributed by atoms with Crippen molar-refractivity contribution in [1.82, 2.24) is 10.9 Å². The van der Waals surface area contributed by atoms with Gasteiger partial charge in [-0.1, -0.05) is 23.8 Å². The van der Waals surface area contributed by atoms with Crippen LogP contribution in [0.2, 0.25) is 0 Å². The molecular formula is C13H15N3OS. The monoisotopic (exact) mass is 261 g/mol. The lowest BCUT2D eigenvalue weighted by Gasteiger charge is -2.03. The van der Waals surface area contributed by atoms with Crippen LogP contribution in [0, 0.1) is 6.92 Å². The molecule has 2 rings (SSSR count). The molecule has 0 atom stereocenters. The second-order valence-electron chi connectivity index (χ2n) is 3.98. The highest BCUT2D eigenvalue weighted by atomic mass is 32.1. The average Bonchev–Trinajstić information content (AvgIpc) is 2.77. The number of hydrogen-bond donors (Lipinski definition) is 3. The Morgan fingerprint density at radius 2 is 2.17 bits per heavy atom. The molecule has 0 aliphatic rings. The summed E-state index contributed by atoms with van der Waals surface area (Å²) in [5.74, 6) is 1.67.